The third kappa shape index (κ3) is 3.45. The van der Waals surface area contributed by atoms with Crippen LogP contribution in [-0.2, 0) is 20.9 Å². The second-order valence-corrected chi connectivity index (χ2v) is 4.66. The summed E-state index contributed by atoms with van der Waals surface area (Å²) in [7, 11) is 1.39. The largest absolute Gasteiger partial charge is 0.467 e. The van der Waals surface area contributed by atoms with Crippen LogP contribution in [0.4, 0.5) is 0 Å². The molecular formula is C13H15ClO3. The van der Waals surface area contributed by atoms with Gasteiger partial charge in [-0.15, -0.1) is 0 Å². The quantitative estimate of drug-likeness (QED) is 0.758. The molecule has 1 atom stereocenters. The molecule has 0 amide bonds. The first kappa shape index (κ1) is 12.4. The molecule has 2 rings (SSSR count). The summed E-state index contributed by atoms with van der Waals surface area (Å²) in [4.78, 5) is 11.5. The summed E-state index contributed by atoms with van der Waals surface area (Å²) in [5.41, 5.74) is 0.965. The van der Waals surface area contributed by atoms with Gasteiger partial charge in [-0.25, -0.2) is 4.79 Å². The third-order valence-electron chi connectivity index (χ3n) is 2.80. The van der Waals surface area contributed by atoms with E-state index in [1.807, 2.05) is 24.3 Å². The van der Waals surface area contributed by atoms with Gasteiger partial charge in [0.1, 0.15) is 0 Å². The van der Waals surface area contributed by atoms with E-state index in [0.717, 1.165) is 18.4 Å². The summed E-state index contributed by atoms with van der Waals surface area (Å²) in [5, 5.41) is 0.673. The summed E-state index contributed by atoms with van der Waals surface area (Å²) in [6, 6.07) is 7.44. The molecule has 1 fully saturated rings. The van der Waals surface area contributed by atoms with Crippen LogP contribution in [0.2, 0.25) is 5.02 Å². The first-order valence-corrected chi connectivity index (χ1v) is 6.02. The summed E-state index contributed by atoms with van der Waals surface area (Å²) in [5.74, 6) is 0.0381. The van der Waals surface area contributed by atoms with Crippen molar-refractivity contribution >= 4 is 17.6 Å². The summed E-state index contributed by atoms with van der Waals surface area (Å²) < 4.78 is 10.4. The van der Waals surface area contributed by atoms with Crippen molar-refractivity contribution in [3.8, 4) is 0 Å². The highest BCUT2D eigenvalue weighted by atomic mass is 35.5. The molecule has 92 valence electrons. The Labute approximate surface area is 106 Å². The maximum Gasteiger partial charge on any atom is 0.335 e. The topological polar surface area (TPSA) is 35.5 Å². The minimum atomic E-state index is -0.431. The maximum absolute atomic E-state index is 11.5. The standard InChI is InChI=1S/C13H15ClO3/c1-16-13(15)12(10-5-6-10)17-8-9-3-2-4-11(14)7-9/h2-4,7,10,12H,5-6,8H2,1H3. The zero-order valence-electron chi connectivity index (χ0n) is 9.69. The number of rotatable bonds is 5. The van der Waals surface area contributed by atoms with Crippen molar-refractivity contribution in [1.82, 2.24) is 0 Å². The molecule has 1 aliphatic rings. The second kappa shape index (κ2) is 5.52. The van der Waals surface area contributed by atoms with Crippen LogP contribution in [-0.4, -0.2) is 19.2 Å². The van der Waals surface area contributed by atoms with Crippen LogP contribution in [0.15, 0.2) is 24.3 Å². The first-order chi connectivity index (χ1) is 8.20. The van der Waals surface area contributed by atoms with Crippen molar-refractivity contribution in [1.29, 1.82) is 0 Å². The Hall–Kier alpha value is -1.06. The van der Waals surface area contributed by atoms with Gasteiger partial charge in [0.25, 0.3) is 0 Å². The van der Waals surface area contributed by atoms with Crippen LogP contribution >= 0.6 is 11.6 Å². The van der Waals surface area contributed by atoms with E-state index in [2.05, 4.69) is 0 Å². The molecule has 0 bridgehead atoms. The number of methoxy groups -OCH3 is 1. The van der Waals surface area contributed by atoms with Gasteiger partial charge in [0, 0.05) is 5.02 Å². The summed E-state index contributed by atoms with van der Waals surface area (Å²) in [6.07, 6.45) is 1.64. The van der Waals surface area contributed by atoms with Crippen molar-refractivity contribution in [2.24, 2.45) is 5.92 Å². The minimum absolute atomic E-state index is 0.283. The molecule has 1 aromatic carbocycles. The predicted octanol–water partition coefficient (Wildman–Crippen LogP) is 2.81. The lowest BCUT2D eigenvalue weighted by molar-refractivity contribution is -0.156. The van der Waals surface area contributed by atoms with Gasteiger partial charge in [-0.05, 0) is 36.5 Å². The molecular weight excluding hydrogens is 240 g/mol. The van der Waals surface area contributed by atoms with Gasteiger partial charge < -0.3 is 9.47 Å². The maximum atomic E-state index is 11.5. The third-order valence-corrected chi connectivity index (χ3v) is 3.04. The molecule has 0 radical (unpaired) electrons. The van der Waals surface area contributed by atoms with Crippen LogP contribution in [0.1, 0.15) is 18.4 Å². The Morgan fingerprint density at radius 2 is 2.29 bits per heavy atom. The van der Waals surface area contributed by atoms with E-state index in [4.69, 9.17) is 21.1 Å². The van der Waals surface area contributed by atoms with Gasteiger partial charge in [-0.1, -0.05) is 23.7 Å². The van der Waals surface area contributed by atoms with Crippen LogP contribution in [0.3, 0.4) is 0 Å². The van der Waals surface area contributed by atoms with Gasteiger partial charge in [0.05, 0.1) is 13.7 Å². The van der Waals surface area contributed by atoms with Crippen LogP contribution < -0.4 is 0 Å². The number of carbonyl (C=O) groups is 1. The van der Waals surface area contributed by atoms with Crippen LogP contribution in [0.25, 0.3) is 0 Å². The van der Waals surface area contributed by atoms with Crippen LogP contribution in [0, 0.1) is 5.92 Å². The molecule has 1 aliphatic carbocycles. The SMILES string of the molecule is COC(=O)C(OCc1cccc(Cl)c1)C1CC1. The normalized spacial score (nSPS) is 16.6. The highest BCUT2D eigenvalue weighted by molar-refractivity contribution is 6.30. The molecule has 4 heteroatoms. The van der Waals surface area contributed by atoms with E-state index in [0.29, 0.717) is 17.5 Å². The number of hydrogen-bond acceptors (Lipinski definition) is 3. The van der Waals surface area contributed by atoms with Crippen molar-refractivity contribution in [2.45, 2.75) is 25.6 Å². The molecule has 1 aromatic rings. The second-order valence-electron chi connectivity index (χ2n) is 4.22. The molecule has 0 N–H and O–H groups in total. The Balaban J connectivity index is 1.93. The zero-order valence-corrected chi connectivity index (χ0v) is 10.4. The highest BCUT2D eigenvalue weighted by Gasteiger charge is 2.37. The number of benzene rings is 1. The van der Waals surface area contributed by atoms with Gasteiger partial charge in [-0.3, -0.25) is 0 Å². The number of esters is 1. The predicted molar refractivity (Wildman–Crippen MR) is 64.8 cm³/mol. The Morgan fingerprint density at radius 1 is 1.53 bits per heavy atom. The summed E-state index contributed by atoms with van der Waals surface area (Å²) in [6.45, 7) is 0.386. The Kier molecular flexibility index (Phi) is 4.02. The molecule has 17 heavy (non-hydrogen) atoms. The van der Waals surface area contributed by atoms with Gasteiger partial charge >= 0.3 is 5.97 Å². The molecule has 0 aliphatic heterocycles. The smallest absolute Gasteiger partial charge is 0.335 e. The number of carbonyl (C=O) groups excluding carboxylic acids is 1. The van der Waals surface area contributed by atoms with Crippen molar-refractivity contribution in [3.63, 3.8) is 0 Å². The average Bonchev–Trinajstić information content (AvgIpc) is 3.13. The number of hydrogen-bond donors (Lipinski definition) is 0. The van der Waals surface area contributed by atoms with Gasteiger partial charge in [0.15, 0.2) is 6.10 Å². The highest BCUT2D eigenvalue weighted by Crippen LogP contribution is 2.35. The summed E-state index contributed by atoms with van der Waals surface area (Å²) >= 11 is 5.88. The zero-order chi connectivity index (χ0) is 12.3. The van der Waals surface area contributed by atoms with E-state index in [-0.39, 0.29) is 5.97 Å². The molecule has 1 unspecified atom stereocenters. The first-order valence-electron chi connectivity index (χ1n) is 5.64. The fraction of sp³-hybridized carbons (Fsp3) is 0.462. The van der Waals surface area contributed by atoms with Gasteiger partial charge in [0.2, 0.25) is 0 Å². The molecule has 0 heterocycles. The molecule has 0 aromatic heterocycles. The molecule has 0 saturated heterocycles. The molecule has 3 nitrogen and oxygen atoms in total. The lowest BCUT2D eigenvalue weighted by Crippen LogP contribution is -2.27. The van der Waals surface area contributed by atoms with E-state index >= 15 is 0 Å². The van der Waals surface area contributed by atoms with E-state index in [1.165, 1.54) is 7.11 Å². The Bertz CT molecular complexity index is 401. The lowest BCUT2D eigenvalue weighted by atomic mass is 10.2. The fourth-order valence-electron chi connectivity index (χ4n) is 1.72. The van der Waals surface area contributed by atoms with Crippen molar-refractivity contribution in [2.75, 3.05) is 7.11 Å². The fourth-order valence-corrected chi connectivity index (χ4v) is 1.94. The lowest BCUT2D eigenvalue weighted by Gasteiger charge is -2.14. The van der Waals surface area contributed by atoms with E-state index < -0.39 is 6.10 Å². The average molecular weight is 255 g/mol. The molecule has 1 saturated carbocycles. The van der Waals surface area contributed by atoms with E-state index in [1.54, 1.807) is 0 Å². The van der Waals surface area contributed by atoms with Crippen molar-refractivity contribution in [3.05, 3.63) is 34.9 Å². The monoisotopic (exact) mass is 254 g/mol. The minimum Gasteiger partial charge on any atom is -0.467 e. The van der Waals surface area contributed by atoms with Crippen molar-refractivity contribution < 1.29 is 14.3 Å². The van der Waals surface area contributed by atoms with E-state index in [9.17, 15) is 4.79 Å². The number of ether oxygens (including phenoxy) is 2. The Morgan fingerprint density at radius 3 is 2.88 bits per heavy atom. The van der Waals surface area contributed by atoms with Crippen LogP contribution in [0.5, 0.6) is 0 Å². The molecule has 0 spiro atoms. The number of halogens is 1. The van der Waals surface area contributed by atoms with Gasteiger partial charge in [-0.2, -0.15) is 0 Å².